The van der Waals surface area contributed by atoms with Gasteiger partial charge in [0.1, 0.15) is 0 Å². The van der Waals surface area contributed by atoms with Crippen LogP contribution in [0.25, 0.3) is 0 Å². The van der Waals surface area contributed by atoms with E-state index in [-0.39, 0.29) is 5.91 Å². The molecule has 0 unspecified atom stereocenters. The molecule has 2 N–H and O–H groups in total. The minimum absolute atomic E-state index is 0.0462. The summed E-state index contributed by atoms with van der Waals surface area (Å²) in [6.07, 6.45) is 2.77. The number of hydrogen-bond acceptors (Lipinski definition) is 2. The van der Waals surface area contributed by atoms with Gasteiger partial charge in [-0.3, -0.25) is 9.59 Å². The van der Waals surface area contributed by atoms with Crippen LogP contribution in [0.2, 0.25) is 0 Å². The van der Waals surface area contributed by atoms with Crippen molar-refractivity contribution >= 4 is 18.0 Å². The van der Waals surface area contributed by atoms with Crippen LogP contribution >= 0.6 is 0 Å². The third-order valence-electron chi connectivity index (χ3n) is 2.29. The Labute approximate surface area is 87.7 Å². The van der Waals surface area contributed by atoms with Crippen molar-refractivity contribution < 1.29 is 9.59 Å². The van der Waals surface area contributed by atoms with E-state index in [1.165, 1.54) is 0 Å². The van der Waals surface area contributed by atoms with Crippen LogP contribution in [0.4, 0.5) is 5.69 Å². The summed E-state index contributed by atoms with van der Waals surface area (Å²) in [5, 5.41) is 5.41. The lowest BCUT2D eigenvalue weighted by Crippen LogP contribution is -2.25. The lowest BCUT2D eigenvalue weighted by Gasteiger charge is -2.03. The molecule has 1 aliphatic rings. The second-order valence-corrected chi connectivity index (χ2v) is 3.59. The number of carbonyl (C=O) groups is 2. The van der Waals surface area contributed by atoms with E-state index >= 15 is 0 Å². The van der Waals surface area contributed by atoms with Crippen molar-refractivity contribution in [3.63, 3.8) is 0 Å². The van der Waals surface area contributed by atoms with Gasteiger partial charge < -0.3 is 10.6 Å². The predicted molar refractivity (Wildman–Crippen MR) is 56.6 cm³/mol. The first-order valence-corrected chi connectivity index (χ1v) is 4.91. The maximum Gasteiger partial charge on any atom is 0.251 e. The van der Waals surface area contributed by atoms with E-state index in [1.807, 2.05) is 0 Å². The first-order chi connectivity index (χ1) is 7.29. The first kappa shape index (κ1) is 9.71. The number of nitrogens with one attached hydrogen (secondary N) is 2. The van der Waals surface area contributed by atoms with Crippen molar-refractivity contribution in [3.8, 4) is 0 Å². The molecule has 1 saturated carbocycles. The zero-order valence-electron chi connectivity index (χ0n) is 8.19. The molecule has 1 fully saturated rings. The van der Waals surface area contributed by atoms with Gasteiger partial charge in [-0.2, -0.15) is 0 Å². The van der Waals surface area contributed by atoms with Gasteiger partial charge in [0.2, 0.25) is 6.41 Å². The van der Waals surface area contributed by atoms with E-state index in [0.717, 1.165) is 12.8 Å². The summed E-state index contributed by atoms with van der Waals surface area (Å²) < 4.78 is 0. The summed E-state index contributed by atoms with van der Waals surface area (Å²) in [5.41, 5.74) is 1.31. The summed E-state index contributed by atoms with van der Waals surface area (Å²) in [6.45, 7) is 0. The summed E-state index contributed by atoms with van der Waals surface area (Å²) in [7, 11) is 0. The molecule has 0 saturated heterocycles. The fraction of sp³-hybridized carbons (Fsp3) is 0.273. The third-order valence-corrected chi connectivity index (χ3v) is 2.29. The van der Waals surface area contributed by atoms with Gasteiger partial charge in [-0.05, 0) is 37.1 Å². The van der Waals surface area contributed by atoms with Crippen LogP contribution in [0.1, 0.15) is 23.2 Å². The second-order valence-electron chi connectivity index (χ2n) is 3.59. The van der Waals surface area contributed by atoms with Gasteiger partial charge in [-0.15, -0.1) is 0 Å². The molecule has 0 aliphatic heterocycles. The van der Waals surface area contributed by atoms with Crippen LogP contribution in [-0.2, 0) is 4.79 Å². The molecule has 1 aliphatic carbocycles. The van der Waals surface area contributed by atoms with Crippen molar-refractivity contribution in [2.24, 2.45) is 0 Å². The minimum atomic E-state index is -0.0462. The molecule has 78 valence electrons. The second kappa shape index (κ2) is 4.13. The van der Waals surface area contributed by atoms with E-state index in [2.05, 4.69) is 10.6 Å². The van der Waals surface area contributed by atoms with Gasteiger partial charge in [0.05, 0.1) is 0 Å². The number of hydrogen-bond donors (Lipinski definition) is 2. The van der Waals surface area contributed by atoms with Crippen LogP contribution < -0.4 is 10.6 Å². The van der Waals surface area contributed by atoms with Crippen molar-refractivity contribution in [1.29, 1.82) is 0 Å². The summed E-state index contributed by atoms with van der Waals surface area (Å²) >= 11 is 0. The summed E-state index contributed by atoms with van der Waals surface area (Å²) in [6, 6.07) is 7.17. The predicted octanol–water partition coefficient (Wildman–Crippen LogP) is 1.15. The van der Waals surface area contributed by atoms with Gasteiger partial charge in [-0.25, -0.2) is 0 Å². The van der Waals surface area contributed by atoms with E-state index in [0.29, 0.717) is 23.7 Å². The van der Waals surface area contributed by atoms with Gasteiger partial charge in [-0.1, -0.05) is 0 Å². The lowest BCUT2D eigenvalue weighted by atomic mass is 10.2. The molecule has 0 spiro atoms. The number of carbonyl (C=O) groups excluding carboxylic acids is 2. The average Bonchev–Trinajstić information content (AvgIpc) is 3.03. The molecule has 0 atom stereocenters. The van der Waals surface area contributed by atoms with Crippen LogP contribution in [-0.4, -0.2) is 18.4 Å². The largest absolute Gasteiger partial charge is 0.349 e. The Morgan fingerprint density at radius 3 is 2.47 bits per heavy atom. The highest BCUT2D eigenvalue weighted by molar-refractivity contribution is 5.95. The van der Waals surface area contributed by atoms with Gasteiger partial charge in [0.15, 0.2) is 0 Å². The molecule has 0 bridgehead atoms. The lowest BCUT2D eigenvalue weighted by molar-refractivity contribution is -0.105. The Hall–Kier alpha value is -1.84. The standard InChI is InChI=1S/C11H12N2O2/c14-7-12-9-3-1-8(2-4-9)11(15)13-10-5-6-10/h1-4,7,10H,5-6H2,(H,12,14)(H,13,15). The Kier molecular flexibility index (Phi) is 2.67. The highest BCUT2D eigenvalue weighted by Crippen LogP contribution is 2.19. The maximum absolute atomic E-state index is 11.6. The number of anilines is 1. The molecule has 0 radical (unpaired) electrons. The van der Waals surface area contributed by atoms with Crippen molar-refractivity contribution in [2.45, 2.75) is 18.9 Å². The van der Waals surface area contributed by atoms with E-state index in [4.69, 9.17) is 0 Å². The molecule has 4 nitrogen and oxygen atoms in total. The fourth-order valence-electron chi connectivity index (χ4n) is 1.28. The molecule has 1 aromatic rings. The Morgan fingerprint density at radius 1 is 1.27 bits per heavy atom. The molecular weight excluding hydrogens is 192 g/mol. The molecule has 0 aromatic heterocycles. The Morgan fingerprint density at radius 2 is 1.93 bits per heavy atom. The van der Waals surface area contributed by atoms with Crippen LogP contribution in [0.15, 0.2) is 24.3 Å². The number of rotatable bonds is 4. The SMILES string of the molecule is O=CNc1ccc(C(=O)NC2CC2)cc1. The quantitative estimate of drug-likeness (QED) is 0.723. The van der Waals surface area contributed by atoms with Crippen molar-refractivity contribution in [1.82, 2.24) is 5.32 Å². The average molecular weight is 204 g/mol. The van der Waals surface area contributed by atoms with E-state index < -0.39 is 0 Å². The smallest absolute Gasteiger partial charge is 0.251 e. The van der Waals surface area contributed by atoms with E-state index in [1.54, 1.807) is 24.3 Å². The van der Waals surface area contributed by atoms with Crippen LogP contribution in [0.5, 0.6) is 0 Å². The normalized spacial score (nSPS) is 14.4. The monoisotopic (exact) mass is 204 g/mol. The number of amides is 2. The maximum atomic E-state index is 11.6. The zero-order chi connectivity index (χ0) is 10.7. The van der Waals surface area contributed by atoms with E-state index in [9.17, 15) is 9.59 Å². The Balaban J connectivity index is 2.01. The van der Waals surface area contributed by atoms with Gasteiger partial charge in [0.25, 0.3) is 5.91 Å². The van der Waals surface area contributed by atoms with Crippen molar-refractivity contribution in [2.75, 3.05) is 5.32 Å². The highest BCUT2D eigenvalue weighted by atomic mass is 16.1. The molecule has 1 aromatic carbocycles. The molecule has 15 heavy (non-hydrogen) atoms. The molecular formula is C11H12N2O2. The molecule has 0 heterocycles. The molecule has 4 heteroatoms. The topological polar surface area (TPSA) is 58.2 Å². The van der Waals surface area contributed by atoms with Crippen LogP contribution in [0, 0.1) is 0 Å². The molecule has 2 amide bonds. The number of benzene rings is 1. The third kappa shape index (κ3) is 2.56. The fourth-order valence-corrected chi connectivity index (χ4v) is 1.28. The zero-order valence-corrected chi connectivity index (χ0v) is 8.19. The first-order valence-electron chi connectivity index (χ1n) is 4.91. The minimum Gasteiger partial charge on any atom is -0.349 e. The Bertz CT molecular complexity index is 369. The van der Waals surface area contributed by atoms with Gasteiger partial charge >= 0.3 is 0 Å². The highest BCUT2D eigenvalue weighted by Gasteiger charge is 2.23. The summed E-state index contributed by atoms with van der Waals surface area (Å²) in [4.78, 5) is 21.7. The van der Waals surface area contributed by atoms with Crippen molar-refractivity contribution in [3.05, 3.63) is 29.8 Å². The van der Waals surface area contributed by atoms with Crippen LogP contribution in [0.3, 0.4) is 0 Å². The summed E-state index contributed by atoms with van der Waals surface area (Å²) in [5.74, 6) is -0.0462. The van der Waals surface area contributed by atoms with Gasteiger partial charge in [0, 0.05) is 17.3 Å². The molecule has 2 rings (SSSR count).